The molecule has 20 heavy (non-hydrogen) atoms. The lowest BCUT2D eigenvalue weighted by Crippen LogP contribution is -2.61. The second-order valence-electron chi connectivity index (χ2n) is 5.70. The predicted octanol–water partition coefficient (Wildman–Crippen LogP) is 1.93. The van der Waals surface area contributed by atoms with Crippen LogP contribution in [0.2, 0.25) is 0 Å². The van der Waals surface area contributed by atoms with Gasteiger partial charge in [0.2, 0.25) is 5.91 Å². The van der Waals surface area contributed by atoms with Crippen molar-refractivity contribution in [3.05, 3.63) is 29.3 Å². The standard InChI is InChI=1S/C16H24N2O2/c1-4-18-16(15(17)19,13-7-8-13)10-20-14-9-11(2)5-6-12(14)3/h5-6,9,13,18H,4,7-8,10H2,1-3H3,(H2,17,19). The van der Waals surface area contributed by atoms with E-state index in [1.165, 1.54) is 0 Å². The molecule has 110 valence electrons. The normalized spacial score (nSPS) is 17.6. The molecule has 0 heterocycles. The topological polar surface area (TPSA) is 64.3 Å². The first-order valence-corrected chi connectivity index (χ1v) is 7.24. The summed E-state index contributed by atoms with van der Waals surface area (Å²) in [4.78, 5) is 11.9. The number of nitrogens with two attached hydrogens (primary N) is 1. The Morgan fingerprint density at radius 2 is 2.15 bits per heavy atom. The second-order valence-corrected chi connectivity index (χ2v) is 5.70. The average molecular weight is 276 g/mol. The van der Waals surface area contributed by atoms with E-state index in [2.05, 4.69) is 11.4 Å². The van der Waals surface area contributed by atoms with Crippen LogP contribution >= 0.6 is 0 Å². The summed E-state index contributed by atoms with van der Waals surface area (Å²) in [5, 5.41) is 3.26. The number of ether oxygens (including phenoxy) is 1. The van der Waals surface area contributed by atoms with Crippen molar-refractivity contribution < 1.29 is 9.53 Å². The summed E-state index contributed by atoms with van der Waals surface area (Å²) in [5.74, 6) is 0.811. The van der Waals surface area contributed by atoms with Gasteiger partial charge in [-0.15, -0.1) is 0 Å². The van der Waals surface area contributed by atoms with Gasteiger partial charge in [-0.1, -0.05) is 19.1 Å². The van der Waals surface area contributed by atoms with E-state index < -0.39 is 5.54 Å². The van der Waals surface area contributed by atoms with Crippen LogP contribution in [0.15, 0.2) is 18.2 Å². The predicted molar refractivity (Wildman–Crippen MR) is 79.7 cm³/mol. The van der Waals surface area contributed by atoms with Crippen LogP contribution in [0.3, 0.4) is 0 Å². The van der Waals surface area contributed by atoms with Gasteiger partial charge in [-0.3, -0.25) is 4.79 Å². The van der Waals surface area contributed by atoms with Gasteiger partial charge in [0.25, 0.3) is 0 Å². The molecule has 0 radical (unpaired) electrons. The fourth-order valence-electron chi connectivity index (χ4n) is 2.62. The molecule has 3 N–H and O–H groups in total. The first kappa shape index (κ1) is 14.9. The monoisotopic (exact) mass is 276 g/mol. The Morgan fingerprint density at radius 3 is 2.70 bits per heavy atom. The molecule has 0 spiro atoms. The number of hydrogen-bond donors (Lipinski definition) is 2. The molecule has 0 aromatic heterocycles. The maximum atomic E-state index is 11.9. The van der Waals surface area contributed by atoms with Crippen LogP contribution in [0, 0.1) is 19.8 Å². The number of rotatable bonds is 7. The van der Waals surface area contributed by atoms with Crippen molar-refractivity contribution >= 4 is 5.91 Å². The van der Waals surface area contributed by atoms with E-state index in [4.69, 9.17) is 10.5 Å². The van der Waals surface area contributed by atoms with E-state index in [0.29, 0.717) is 19.1 Å². The third-order valence-corrected chi connectivity index (χ3v) is 4.01. The van der Waals surface area contributed by atoms with Crippen molar-refractivity contribution in [1.29, 1.82) is 0 Å². The highest BCUT2D eigenvalue weighted by atomic mass is 16.5. The third kappa shape index (κ3) is 2.96. The number of carbonyl (C=O) groups is 1. The second kappa shape index (κ2) is 5.83. The molecule has 1 unspecified atom stereocenters. The minimum atomic E-state index is -0.731. The van der Waals surface area contributed by atoms with Gasteiger partial charge >= 0.3 is 0 Å². The Hall–Kier alpha value is -1.55. The number of benzene rings is 1. The lowest BCUT2D eigenvalue weighted by Gasteiger charge is -2.31. The van der Waals surface area contributed by atoms with Crippen LogP contribution in [0.5, 0.6) is 5.75 Å². The van der Waals surface area contributed by atoms with Gasteiger partial charge < -0.3 is 15.8 Å². The number of carbonyl (C=O) groups excluding carboxylic acids is 1. The molecular weight excluding hydrogens is 252 g/mol. The van der Waals surface area contributed by atoms with Gasteiger partial charge in [0.15, 0.2) is 0 Å². The maximum absolute atomic E-state index is 11.9. The summed E-state index contributed by atoms with van der Waals surface area (Å²) in [6.07, 6.45) is 2.07. The van der Waals surface area contributed by atoms with E-state index in [9.17, 15) is 4.79 Å². The van der Waals surface area contributed by atoms with E-state index >= 15 is 0 Å². The largest absolute Gasteiger partial charge is 0.491 e. The number of hydrogen-bond acceptors (Lipinski definition) is 3. The lowest BCUT2D eigenvalue weighted by atomic mass is 9.93. The molecule has 0 saturated heterocycles. The van der Waals surface area contributed by atoms with Crippen molar-refractivity contribution in [3.63, 3.8) is 0 Å². The van der Waals surface area contributed by atoms with E-state index in [1.807, 2.05) is 32.9 Å². The van der Waals surface area contributed by atoms with Crippen molar-refractivity contribution in [2.45, 2.75) is 39.2 Å². The van der Waals surface area contributed by atoms with Gasteiger partial charge in [-0.25, -0.2) is 0 Å². The van der Waals surface area contributed by atoms with E-state index in [-0.39, 0.29) is 5.91 Å². The Morgan fingerprint density at radius 1 is 1.45 bits per heavy atom. The van der Waals surface area contributed by atoms with Crippen molar-refractivity contribution in [3.8, 4) is 5.75 Å². The number of nitrogens with one attached hydrogen (secondary N) is 1. The quantitative estimate of drug-likeness (QED) is 0.799. The van der Waals surface area contributed by atoms with Gasteiger partial charge in [-0.2, -0.15) is 0 Å². The summed E-state index contributed by atoms with van der Waals surface area (Å²) in [6.45, 7) is 7.02. The van der Waals surface area contributed by atoms with Crippen LogP contribution in [0.1, 0.15) is 30.9 Å². The van der Waals surface area contributed by atoms with Crippen LogP contribution in [0.4, 0.5) is 0 Å². The molecule has 1 aliphatic rings. The molecule has 0 aliphatic heterocycles. The number of amides is 1. The van der Waals surface area contributed by atoms with Gasteiger partial charge in [0, 0.05) is 0 Å². The van der Waals surface area contributed by atoms with Crippen LogP contribution in [0.25, 0.3) is 0 Å². The molecule has 1 aromatic rings. The lowest BCUT2D eigenvalue weighted by molar-refractivity contribution is -0.126. The summed E-state index contributed by atoms with van der Waals surface area (Å²) in [6, 6.07) is 6.08. The molecule has 4 heteroatoms. The smallest absolute Gasteiger partial charge is 0.241 e. The Bertz CT molecular complexity index is 497. The van der Waals surface area contributed by atoms with E-state index in [0.717, 1.165) is 29.7 Å². The Balaban J connectivity index is 2.16. The molecular formula is C16H24N2O2. The third-order valence-electron chi connectivity index (χ3n) is 4.01. The summed E-state index contributed by atoms with van der Waals surface area (Å²) in [7, 11) is 0. The Labute approximate surface area is 120 Å². The van der Waals surface area contributed by atoms with Gasteiger partial charge in [0.1, 0.15) is 17.9 Å². The van der Waals surface area contributed by atoms with Gasteiger partial charge in [0.05, 0.1) is 0 Å². The SMILES string of the molecule is CCNC(COc1cc(C)ccc1C)(C(N)=O)C1CC1. The van der Waals surface area contributed by atoms with Crippen LogP contribution in [-0.4, -0.2) is 24.6 Å². The highest BCUT2D eigenvalue weighted by Crippen LogP contribution is 2.40. The fourth-order valence-corrected chi connectivity index (χ4v) is 2.62. The molecule has 4 nitrogen and oxygen atoms in total. The summed E-state index contributed by atoms with van der Waals surface area (Å²) < 4.78 is 5.93. The first-order chi connectivity index (χ1) is 9.49. The molecule has 2 rings (SSSR count). The maximum Gasteiger partial charge on any atom is 0.241 e. The summed E-state index contributed by atoms with van der Waals surface area (Å²) in [5.41, 5.74) is 7.13. The van der Waals surface area contributed by atoms with Crippen molar-refractivity contribution in [1.82, 2.24) is 5.32 Å². The minimum Gasteiger partial charge on any atom is -0.491 e. The highest BCUT2D eigenvalue weighted by Gasteiger charge is 2.50. The highest BCUT2D eigenvalue weighted by molar-refractivity contribution is 5.85. The van der Waals surface area contributed by atoms with E-state index in [1.54, 1.807) is 0 Å². The number of primary amides is 1. The van der Waals surface area contributed by atoms with Crippen molar-refractivity contribution in [2.24, 2.45) is 11.7 Å². The summed E-state index contributed by atoms with van der Waals surface area (Å²) >= 11 is 0. The molecule has 0 bridgehead atoms. The van der Waals surface area contributed by atoms with Gasteiger partial charge in [-0.05, 0) is 56.3 Å². The number of likely N-dealkylation sites (N-methyl/N-ethyl adjacent to an activating group) is 1. The molecule has 1 aliphatic carbocycles. The molecule has 1 fully saturated rings. The average Bonchev–Trinajstić information content (AvgIpc) is 3.22. The molecule has 1 amide bonds. The minimum absolute atomic E-state index is 0.296. The first-order valence-electron chi connectivity index (χ1n) is 7.24. The van der Waals surface area contributed by atoms with Crippen molar-refractivity contribution in [2.75, 3.05) is 13.2 Å². The Kier molecular flexibility index (Phi) is 4.33. The molecule has 1 aromatic carbocycles. The van der Waals surface area contributed by atoms with Crippen LogP contribution < -0.4 is 15.8 Å². The molecule has 1 atom stereocenters. The zero-order valence-corrected chi connectivity index (χ0v) is 12.5. The molecule has 1 saturated carbocycles. The fraction of sp³-hybridized carbons (Fsp3) is 0.562. The zero-order chi connectivity index (χ0) is 14.8. The number of aryl methyl sites for hydroxylation is 2. The zero-order valence-electron chi connectivity index (χ0n) is 12.5. The van der Waals surface area contributed by atoms with Crippen LogP contribution in [-0.2, 0) is 4.79 Å².